The first kappa shape index (κ1) is 17.6. The third kappa shape index (κ3) is 4.86. The molecule has 1 aromatic carbocycles. The molecule has 0 saturated heterocycles. The highest BCUT2D eigenvalue weighted by atomic mass is 32.2. The molecule has 0 aliphatic rings. The summed E-state index contributed by atoms with van der Waals surface area (Å²) in [5.74, 6) is 2.54. The molecule has 0 spiro atoms. The Morgan fingerprint density at radius 1 is 1.30 bits per heavy atom. The second kappa shape index (κ2) is 8.20. The van der Waals surface area contributed by atoms with Crippen LogP contribution in [0.1, 0.15) is 48.8 Å². The van der Waals surface area contributed by atoms with Gasteiger partial charge in [-0.15, -0.1) is 11.8 Å². The molecule has 1 N–H and O–H groups in total. The van der Waals surface area contributed by atoms with Crippen LogP contribution < -0.4 is 5.32 Å². The van der Waals surface area contributed by atoms with E-state index in [1.807, 2.05) is 26.0 Å². The number of benzene rings is 1. The zero-order valence-electron chi connectivity index (χ0n) is 14.2. The number of hydrogen-bond acceptors (Lipinski definition) is 4. The van der Waals surface area contributed by atoms with Crippen LogP contribution in [-0.4, -0.2) is 16.8 Å². The monoisotopic (exact) mass is 332 g/mol. The predicted molar refractivity (Wildman–Crippen MR) is 95.9 cm³/mol. The van der Waals surface area contributed by atoms with Crippen LogP contribution >= 0.6 is 11.8 Å². The molecule has 0 radical (unpaired) electrons. The average molecular weight is 332 g/mol. The SMILES string of the molecule is CC[C@@H](C)c1ccc(NC(=O)CSCc2c(C)noc2C)cc1. The Balaban J connectivity index is 1.81. The molecular weight excluding hydrogens is 308 g/mol. The number of hydrogen-bond donors (Lipinski definition) is 1. The zero-order valence-corrected chi connectivity index (χ0v) is 15.0. The van der Waals surface area contributed by atoms with E-state index in [1.165, 1.54) is 5.56 Å². The number of amides is 1. The van der Waals surface area contributed by atoms with Gasteiger partial charge >= 0.3 is 0 Å². The van der Waals surface area contributed by atoms with Crippen molar-refractivity contribution in [2.45, 2.75) is 45.8 Å². The van der Waals surface area contributed by atoms with E-state index in [-0.39, 0.29) is 5.91 Å². The maximum absolute atomic E-state index is 12.0. The van der Waals surface area contributed by atoms with Crippen LogP contribution in [-0.2, 0) is 10.5 Å². The molecule has 4 nitrogen and oxygen atoms in total. The van der Waals surface area contributed by atoms with E-state index in [9.17, 15) is 4.79 Å². The minimum absolute atomic E-state index is 0.0121. The predicted octanol–water partition coefficient (Wildman–Crippen LogP) is 4.68. The number of thioether (sulfide) groups is 1. The van der Waals surface area contributed by atoms with Crippen LogP contribution in [0.5, 0.6) is 0 Å². The standard InChI is InChI=1S/C18H24N2O2S/c1-5-12(2)15-6-8-16(9-7-15)19-18(21)11-23-10-17-13(3)20-22-14(17)4/h6-9,12H,5,10-11H2,1-4H3,(H,19,21)/t12-/m1/s1. The topological polar surface area (TPSA) is 55.1 Å². The van der Waals surface area contributed by atoms with Crippen molar-refractivity contribution in [3.8, 4) is 0 Å². The summed E-state index contributed by atoms with van der Waals surface area (Å²) in [6.07, 6.45) is 1.12. The van der Waals surface area contributed by atoms with Crippen molar-refractivity contribution in [1.82, 2.24) is 5.16 Å². The number of rotatable bonds is 7. The lowest BCUT2D eigenvalue weighted by molar-refractivity contribution is -0.113. The van der Waals surface area contributed by atoms with Gasteiger partial charge in [-0.3, -0.25) is 4.79 Å². The second-order valence-electron chi connectivity index (χ2n) is 5.78. The molecule has 0 unspecified atom stereocenters. The lowest BCUT2D eigenvalue weighted by Gasteiger charge is -2.10. The Hall–Kier alpha value is -1.75. The number of nitrogens with zero attached hydrogens (tertiary/aromatic N) is 1. The molecule has 0 aliphatic heterocycles. The summed E-state index contributed by atoms with van der Waals surface area (Å²) in [5.41, 5.74) is 4.13. The first-order valence-corrected chi connectivity index (χ1v) is 9.06. The van der Waals surface area contributed by atoms with Crippen molar-refractivity contribution < 1.29 is 9.32 Å². The highest BCUT2D eigenvalue weighted by Gasteiger charge is 2.10. The molecule has 2 aromatic rings. The first-order chi connectivity index (χ1) is 11.0. The molecule has 124 valence electrons. The molecule has 0 aliphatic carbocycles. The molecular formula is C18H24N2O2S. The Bertz CT molecular complexity index is 630. The number of nitrogens with one attached hydrogen (secondary N) is 1. The first-order valence-electron chi connectivity index (χ1n) is 7.90. The van der Waals surface area contributed by atoms with E-state index in [0.717, 1.165) is 34.9 Å². The quantitative estimate of drug-likeness (QED) is 0.800. The van der Waals surface area contributed by atoms with Crippen LogP contribution in [0.25, 0.3) is 0 Å². The van der Waals surface area contributed by atoms with Gasteiger partial charge in [0.05, 0.1) is 11.4 Å². The van der Waals surface area contributed by atoms with Gasteiger partial charge in [0.15, 0.2) is 0 Å². The molecule has 1 heterocycles. The smallest absolute Gasteiger partial charge is 0.234 e. The lowest BCUT2D eigenvalue weighted by Crippen LogP contribution is -2.14. The fraction of sp³-hybridized carbons (Fsp3) is 0.444. The Labute approximate surface area is 142 Å². The van der Waals surface area contributed by atoms with Crippen LogP contribution in [0, 0.1) is 13.8 Å². The van der Waals surface area contributed by atoms with Gasteiger partial charge in [-0.2, -0.15) is 0 Å². The molecule has 0 saturated carbocycles. The summed E-state index contributed by atoms with van der Waals surface area (Å²) in [7, 11) is 0. The number of carbonyl (C=O) groups is 1. The Morgan fingerprint density at radius 2 is 2.00 bits per heavy atom. The van der Waals surface area contributed by atoms with Gasteiger partial charge < -0.3 is 9.84 Å². The van der Waals surface area contributed by atoms with Crippen LogP contribution in [0.4, 0.5) is 5.69 Å². The highest BCUT2D eigenvalue weighted by molar-refractivity contribution is 7.99. The van der Waals surface area contributed by atoms with Crippen LogP contribution in [0.3, 0.4) is 0 Å². The second-order valence-corrected chi connectivity index (χ2v) is 6.76. The molecule has 5 heteroatoms. The van der Waals surface area contributed by atoms with Gasteiger partial charge in [0.1, 0.15) is 5.76 Å². The van der Waals surface area contributed by atoms with Gasteiger partial charge in [-0.05, 0) is 43.9 Å². The van der Waals surface area contributed by atoms with Crippen molar-refractivity contribution in [2.75, 3.05) is 11.1 Å². The maximum Gasteiger partial charge on any atom is 0.234 e. The third-order valence-corrected chi connectivity index (χ3v) is 5.00. The molecule has 0 bridgehead atoms. The summed E-state index contributed by atoms with van der Waals surface area (Å²) in [6.45, 7) is 8.20. The minimum Gasteiger partial charge on any atom is -0.361 e. The van der Waals surface area contributed by atoms with Crippen molar-refractivity contribution >= 4 is 23.4 Å². The van der Waals surface area contributed by atoms with E-state index >= 15 is 0 Å². The molecule has 1 amide bonds. The summed E-state index contributed by atoms with van der Waals surface area (Å²) < 4.78 is 5.12. The van der Waals surface area contributed by atoms with Gasteiger partial charge in [-0.1, -0.05) is 31.1 Å². The largest absolute Gasteiger partial charge is 0.361 e. The van der Waals surface area contributed by atoms with E-state index in [1.54, 1.807) is 11.8 Å². The Kier molecular flexibility index (Phi) is 6.28. The summed E-state index contributed by atoms with van der Waals surface area (Å²) in [5, 5.41) is 6.86. The lowest BCUT2D eigenvalue weighted by atomic mass is 9.99. The summed E-state index contributed by atoms with van der Waals surface area (Å²) in [4.78, 5) is 12.0. The van der Waals surface area contributed by atoms with Crippen molar-refractivity contribution in [3.63, 3.8) is 0 Å². The van der Waals surface area contributed by atoms with Crippen LogP contribution in [0.2, 0.25) is 0 Å². The van der Waals surface area contributed by atoms with Crippen LogP contribution in [0.15, 0.2) is 28.8 Å². The fourth-order valence-corrected chi connectivity index (χ4v) is 3.26. The third-order valence-electron chi connectivity index (χ3n) is 4.04. The number of aromatic nitrogens is 1. The van der Waals surface area contributed by atoms with Gasteiger partial charge in [0.2, 0.25) is 5.91 Å². The number of aryl methyl sites for hydroxylation is 2. The maximum atomic E-state index is 12.0. The minimum atomic E-state index is 0.0121. The fourth-order valence-electron chi connectivity index (χ4n) is 2.28. The van der Waals surface area contributed by atoms with Crippen molar-refractivity contribution in [1.29, 1.82) is 0 Å². The van der Waals surface area contributed by atoms with Crippen molar-refractivity contribution in [2.24, 2.45) is 0 Å². The van der Waals surface area contributed by atoms with E-state index < -0.39 is 0 Å². The Morgan fingerprint density at radius 3 is 2.57 bits per heavy atom. The number of anilines is 1. The summed E-state index contributed by atoms with van der Waals surface area (Å²) >= 11 is 1.57. The molecule has 2 rings (SSSR count). The highest BCUT2D eigenvalue weighted by Crippen LogP contribution is 2.21. The van der Waals surface area contributed by atoms with E-state index in [0.29, 0.717) is 11.7 Å². The van der Waals surface area contributed by atoms with Gasteiger partial charge in [0, 0.05) is 17.0 Å². The molecule has 23 heavy (non-hydrogen) atoms. The zero-order chi connectivity index (χ0) is 16.8. The van der Waals surface area contributed by atoms with Gasteiger partial charge in [0.25, 0.3) is 0 Å². The van der Waals surface area contributed by atoms with Crippen molar-refractivity contribution in [3.05, 3.63) is 46.8 Å². The number of carbonyl (C=O) groups excluding carboxylic acids is 1. The molecule has 0 fully saturated rings. The molecule has 1 aromatic heterocycles. The normalized spacial score (nSPS) is 12.2. The van der Waals surface area contributed by atoms with E-state index in [4.69, 9.17) is 4.52 Å². The molecule has 1 atom stereocenters. The average Bonchev–Trinajstić information content (AvgIpc) is 2.86. The summed E-state index contributed by atoms with van der Waals surface area (Å²) in [6, 6.07) is 8.11. The van der Waals surface area contributed by atoms with E-state index in [2.05, 4.69) is 36.5 Å². The van der Waals surface area contributed by atoms with Gasteiger partial charge in [-0.25, -0.2) is 0 Å².